The summed E-state index contributed by atoms with van der Waals surface area (Å²) in [6, 6.07) is 0. The molecule has 0 aromatic heterocycles. The number of nitrogens with one attached hydrogen (secondary N) is 1. The Hall–Kier alpha value is -0.790. The maximum absolute atomic E-state index is 9.68. The minimum absolute atomic E-state index is 0.669. The summed E-state index contributed by atoms with van der Waals surface area (Å²) in [5.41, 5.74) is 0. The molecule has 0 aromatic rings. The Labute approximate surface area is 56.0 Å². The molecule has 0 aromatic carbocycles. The van der Waals surface area contributed by atoms with E-state index in [9.17, 15) is 4.79 Å². The van der Waals surface area contributed by atoms with E-state index in [1.165, 1.54) is 12.8 Å². The van der Waals surface area contributed by atoms with Gasteiger partial charge in [-0.25, -0.2) is 0 Å². The molecule has 0 spiro atoms. The number of amides is 1. The summed E-state index contributed by atoms with van der Waals surface area (Å²) in [7, 11) is 0. The van der Waals surface area contributed by atoms with Gasteiger partial charge in [0.2, 0.25) is 6.41 Å². The highest BCUT2D eigenvalue weighted by Gasteiger charge is 1.75. The summed E-state index contributed by atoms with van der Waals surface area (Å²) < 4.78 is 0. The van der Waals surface area contributed by atoms with Gasteiger partial charge in [0.25, 0.3) is 0 Å². The number of hydrogen-bond acceptors (Lipinski definition) is 1. The van der Waals surface area contributed by atoms with Gasteiger partial charge in [0.15, 0.2) is 0 Å². The third-order valence-electron chi connectivity index (χ3n) is 1.01. The van der Waals surface area contributed by atoms with Crippen LogP contribution in [-0.4, -0.2) is 6.41 Å². The standard InChI is InChI=1S/C7H13NO/c1-2-3-4-5-6-8-7-9/h5-7H,2-4H2,1H3,(H,8,9). The van der Waals surface area contributed by atoms with Crippen LogP contribution < -0.4 is 5.32 Å². The number of unbranched alkanes of at least 4 members (excludes halogenated alkanes) is 2. The number of allylic oxidation sites excluding steroid dienone is 1. The molecule has 0 saturated heterocycles. The minimum Gasteiger partial charge on any atom is -0.336 e. The molecule has 0 aliphatic carbocycles. The molecule has 0 aliphatic rings. The lowest BCUT2D eigenvalue weighted by Crippen LogP contribution is -1.97. The van der Waals surface area contributed by atoms with Gasteiger partial charge in [-0.2, -0.15) is 0 Å². The average Bonchev–Trinajstić information content (AvgIpc) is 1.89. The second-order valence-electron chi connectivity index (χ2n) is 1.83. The summed E-state index contributed by atoms with van der Waals surface area (Å²) in [5, 5.41) is 2.45. The van der Waals surface area contributed by atoms with Crippen LogP contribution in [-0.2, 0) is 4.79 Å². The number of carbonyl (C=O) groups excluding carboxylic acids is 1. The zero-order valence-electron chi connectivity index (χ0n) is 5.76. The lowest BCUT2D eigenvalue weighted by Gasteiger charge is -1.86. The number of rotatable bonds is 5. The summed E-state index contributed by atoms with van der Waals surface area (Å²) >= 11 is 0. The Morgan fingerprint density at radius 3 is 2.89 bits per heavy atom. The van der Waals surface area contributed by atoms with Crippen LogP contribution in [0.5, 0.6) is 0 Å². The molecule has 0 radical (unpaired) electrons. The van der Waals surface area contributed by atoms with Crippen LogP contribution in [0, 0.1) is 0 Å². The summed E-state index contributed by atoms with van der Waals surface area (Å²) in [6.07, 6.45) is 7.74. The van der Waals surface area contributed by atoms with Crippen molar-refractivity contribution in [3.05, 3.63) is 12.3 Å². The highest BCUT2D eigenvalue weighted by atomic mass is 16.1. The first-order chi connectivity index (χ1) is 4.41. The van der Waals surface area contributed by atoms with Crippen LogP contribution in [0.15, 0.2) is 12.3 Å². The summed E-state index contributed by atoms with van der Waals surface area (Å²) in [6.45, 7) is 2.14. The number of carbonyl (C=O) groups is 1. The quantitative estimate of drug-likeness (QED) is 0.439. The Morgan fingerprint density at radius 2 is 2.33 bits per heavy atom. The van der Waals surface area contributed by atoms with Gasteiger partial charge in [0.05, 0.1) is 0 Å². The first-order valence-corrected chi connectivity index (χ1v) is 3.26. The molecule has 2 heteroatoms. The minimum atomic E-state index is 0.669. The molecular weight excluding hydrogens is 114 g/mol. The zero-order valence-corrected chi connectivity index (χ0v) is 5.76. The van der Waals surface area contributed by atoms with Crippen molar-refractivity contribution in [2.24, 2.45) is 0 Å². The molecule has 0 heterocycles. The van der Waals surface area contributed by atoms with Crippen molar-refractivity contribution >= 4 is 6.41 Å². The molecule has 1 N–H and O–H groups in total. The third kappa shape index (κ3) is 7.21. The number of hydrogen-bond donors (Lipinski definition) is 1. The topological polar surface area (TPSA) is 29.1 Å². The summed E-state index contributed by atoms with van der Waals surface area (Å²) in [4.78, 5) is 9.68. The lowest BCUT2D eigenvalue weighted by molar-refractivity contribution is -0.108. The summed E-state index contributed by atoms with van der Waals surface area (Å²) in [5.74, 6) is 0. The molecule has 1 amide bonds. The molecule has 0 bridgehead atoms. The largest absolute Gasteiger partial charge is 0.336 e. The van der Waals surface area contributed by atoms with E-state index in [1.54, 1.807) is 6.20 Å². The molecule has 9 heavy (non-hydrogen) atoms. The van der Waals surface area contributed by atoms with Crippen LogP contribution in [0.25, 0.3) is 0 Å². The molecule has 0 rings (SSSR count). The average molecular weight is 127 g/mol. The smallest absolute Gasteiger partial charge is 0.211 e. The highest BCUT2D eigenvalue weighted by molar-refractivity contribution is 5.47. The Balaban J connectivity index is 2.94. The second-order valence-corrected chi connectivity index (χ2v) is 1.83. The van der Waals surface area contributed by atoms with Crippen molar-refractivity contribution in [2.75, 3.05) is 0 Å². The van der Waals surface area contributed by atoms with E-state index in [2.05, 4.69) is 12.2 Å². The SMILES string of the molecule is CCCCC=CNC=O. The van der Waals surface area contributed by atoms with Crippen molar-refractivity contribution < 1.29 is 4.79 Å². The van der Waals surface area contributed by atoms with E-state index in [0.29, 0.717) is 6.41 Å². The fourth-order valence-corrected chi connectivity index (χ4v) is 0.513. The van der Waals surface area contributed by atoms with E-state index < -0.39 is 0 Å². The first-order valence-electron chi connectivity index (χ1n) is 3.26. The Bertz CT molecular complexity index is 88.9. The Kier molecular flexibility index (Phi) is 6.58. The molecule has 0 saturated carbocycles. The van der Waals surface area contributed by atoms with E-state index in [0.717, 1.165) is 6.42 Å². The second kappa shape index (κ2) is 7.21. The molecule has 0 atom stereocenters. The van der Waals surface area contributed by atoms with Crippen LogP contribution >= 0.6 is 0 Å². The fourth-order valence-electron chi connectivity index (χ4n) is 0.513. The van der Waals surface area contributed by atoms with E-state index >= 15 is 0 Å². The highest BCUT2D eigenvalue weighted by Crippen LogP contribution is 1.92. The van der Waals surface area contributed by atoms with Gasteiger partial charge in [-0.3, -0.25) is 4.79 Å². The molecular formula is C7H13NO. The van der Waals surface area contributed by atoms with Crippen molar-refractivity contribution in [2.45, 2.75) is 26.2 Å². The van der Waals surface area contributed by atoms with E-state index in [1.807, 2.05) is 6.08 Å². The van der Waals surface area contributed by atoms with Crippen LogP contribution in [0.1, 0.15) is 26.2 Å². The predicted octanol–water partition coefficient (Wildman–Crippen LogP) is 1.44. The normalized spacial score (nSPS) is 9.89. The molecule has 2 nitrogen and oxygen atoms in total. The van der Waals surface area contributed by atoms with Crippen LogP contribution in [0.4, 0.5) is 0 Å². The Morgan fingerprint density at radius 1 is 1.56 bits per heavy atom. The predicted molar refractivity (Wildman–Crippen MR) is 37.9 cm³/mol. The van der Waals surface area contributed by atoms with Crippen molar-refractivity contribution in [3.8, 4) is 0 Å². The monoisotopic (exact) mass is 127 g/mol. The van der Waals surface area contributed by atoms with Crippen LogP contribution in [0.3, 0.4) is 0 Å². The van der Waals surface area contributed by atoms with Gasteiger partial charge in [0, 0.05) is 0 Å². The van der Waals surface area contributed by atoms with Gasteiger partial charge in [-0.15, -0.1) is 0 Å². The lowest BCUT2D eigenvalue weighted by atomic mass is 10.2. The van der Waals surface area contributed by atoms with Gasteiger partial charge in [0.1, 0.15) is 0 Å². The van der Waals surface area contributed by atoms with Gasteiger partial charge >= 0.3 is 0 Å². The zero-order chi connectivity index (χ0) is 6.95. The third-order valence-corrected chi connectivity index (χ3v) is 1.01. The van der Waals surface area contributed by atoms with Gasteiger partial charge < -0.3 is 5.32 Å². The van der Waals surface area contributed by atoms with E-state index in [-0.39, 0.29) is 0 Å². The van der Waals surface area contributed by atoms with Crippen molar-refractivity contribution in [3.63, 3.8) is 0 Å². The maximum atomic E-state index is 9.68. The van der Waals surface area contributed by atoms with Gasteiger partial charge in [-0.05, 0) is 12.6 Å². The molecule has 0 fully saturated rings. The van der Waals surface area contributed by atoms with Crippen LogP contribution in [0.2, 0.25) is 0 Å². The van der Waals surface area contributed by atoms with E-state index in [4.69, 9.17) is 0 Å². The molecule has 52 valence electrons. The molecule has 0 aliphatic heterocycles. The molecule has 0 unspecified atom stereocenters. The van der Waals surface area contributed by atoms with Gasteiger partial charge in [-0.1, -0.05) is 25.8 Å². The van der Waals surface area contributed by atoms with Crippen molar-refractivity contribution in [1.29, 1.82) is 0 Å². The maximum Gasteiger partial charge on any atom is 0.211 e. The first kappa shape index (κ1) is 8.21. The van der Waals surface area contributed by atoms with Crippen molar-refractivity contribution in [1.82, 2.24) is 5.32 Å². The fraction of sp³-hybridized carbons (Fsp3) is 0.571.